The zero-order valence-electron chi connectivity index (χ0n) is 14.1. The summed E-state index contributed by atoms with van der Waals surface area (Å²) in [5.74, 6) is -0.325. The predicted octanol–water partition coefficient (Wildman–Crippen LogP) is 2.25. The Bertz CT molecular complexity index is 797. The Balaban J connectivity index is 1.64. The highest BCUT2D eigenvalue weighted by Gasteiger charge is 2.22. The monoisotopic (exact) mass is 325 g/mol. The minimum Gasteiger partial charge on any atom is -0.367 e. The number of nitrogens with zero attached hydrogens (tertiary/aromatic N) is 1. The van der Waals surface area contributed by atoms with Crippen LogP contribution in [0, 0.1) is 6.92 Å². The van der Waals surface area contributed by atoms with Gasteiger partial charge < -0.3 is 15.2 Å². The van der Waals surface area contributed by atoms with Crippen LogP contribution in [0.4, 0.5) is 5.69 Å². The van der Waals surface area contributed by atoms with Crippen molar-refractivity contribution in [1.82, 2.24) is 10.3 Å². The molecule has 2 heterocycles. The van der Waals surface area contributed by atoms with E-state index in [1.165, 1.54) is 11.3 Å². The number of H-pyrrole nitrogens is 1. The fraction of sp³-hybridized carbons (Fsp3) is 0.368. The Morgan fingerprint density at radius 3 is 2.88 bits per heavy atom. The van der Waals surface area contributed by atoms with E-state index in [4.69, 9.17) is 0 Å². The van der Waals surface area contributed by atoms with Crippen LogP contribution in [0.15, 0.2) is 41.2 Å². The van der Waals surface area contributed by atoms with Crippen LogP contribution in [-0.2, 0) is 6.42 Å². The smallest absolute Gasteiger partial charge is 0.260 e. The van der Waals surface area contributed by atoms with Gasteiger partial charge in [-0.2, -0.15) is 0 Å². The van der Waals surface area contributed by atoms with Gasteiger partial charge in [-0.25, -0.2) is 0 Å². The molecule has 5 heteroatoms. The summed E-state index contributed by atoms with van der Waals surface area (Å²) in [6.45, 7) is 5.24. The van der Waals surface area contributed by atoms with Gasteiger partial charge >= 0.3 is 0 Å². The molecule has 0 aliphatic carbocycles. The first-order chi connectivity index (χ1) is 11.6. The third-order valence-corrected chi connectivity index (χ3v) is 4.60. The van der Waals surface area contributed by atoms with Crippen LogP contribution in [0.1, 0.15) is 35.0 Å². The Labute approximate surface area is 141 Å². The van der Waals surface area contributed by atoms with E-state index in [2.05, 4.69) is 40.3 Å². The van der Waals surface area contributed by atoms with Gasteiger partial charge in [0.15, 0.2) is 0 Å². The van der Waals surface area contributed by atoms with Crippen molar-refractivity contribution in [2.75, 3.05) is 18.0 Å². The number of aryl methyl sites for hydroxylation is 2. The van der Waals surface area contributed by atoms with Gasteiger partial charge in [0.25, 0.3) is 11.5 Å². The minimum absolute atomic E-state index is 0.160. The van der Waals surface area contributed by atoms with Crippen molar-refractivity contribution in [1.29, 1.82) is 0 Å². The van der Waals surface area contributed by atoms with Gasteiger partial charge in [0.05, 0.1) is 0 Å². The van der Waals surface area contributed by atoms with Crippen molar-refractivity contribution in [3.8, 4) is 0 Å². The fourth-order valence-electron chi connectivity index (χ4n) is 3.24. The number of nitrogens with one attached hydrogen (secondary N) is 2. The van der Waals surface area contributed by atoms with E-state index in [9.17, 15) is 9.59 Å². The number of para-hydroxylation sites is 1. The van der Waals surface area contributed by atoms with Gasteiger partial charge in [-0.05, 0) is 50.5 Å². The van der Waals surface area contributed by atoms with Crippen molar-refractivity contribution in [3.63, 3.8) is 0 Å². The Morgan fingerprint density at radius 1 is 1.29 bits per heavy atom. The molecule has 0 unspecified atom stereocenters. The highest BCUT2D eigenvalue weighted by Crippen LogP contribution is 2.29. The number of amides is 1. The van der Waals surface area contributed by atoms with E-state index in [0.717, 1.165) is 25.1 Å². The molecule has 2 N–H and O–H groups in total. The second-order valence-electron chi connectivity index (χ2n) is 6.35. The van der Waals surface area contributed by atoms with Gasteiger partial charge in [-0.1, -0.05) is 18.2 Å². The molecule has 1 amide bonds. The summed E-state index contributed by atoms with van der Waals surface area (Å²) in [6, 6.07) is 12.2. The summed E-state index contributed by atoms with van der Waals surface area (Å²) in [5, 5.41) is 2.86. The van der Waals surface area contributed by atoms with E-state index >= 15 is 0 Å². The van der Waals surface area contributed by atoms with Gasteiger partial charge in [0.2, 0.25) is 0 Å². The van der Waals surface area contributed by atoms with Crippen molar-refractivity contribution in [3.05, 3.63) is 63.6 Å². The zero-order valence-corrected chi connectivity index (χ0v) is 14.1. The molecule has 0 spiro atoms. The van der Waals surface area contributed by atoms with E-state index in [1.807, 2.05) is 6.07 Å². The van der Waals surface area contributed by atoms with Gasteiger partial charge in [-0.3, -0.25) is 9.59 Å². The molecule has 0 bridgehead atoms. The third kappa shape index (κ3) is 3.35. The maximum atomic E-state index is 12.2. The average Bonchev–Trinajstić information content (AvgIpc) is 2.56. The summed E-state index contributed by atoms with van der Waals surface area (Å²) in [5.41, 5.74) is 3.17. The lowest BCUT2D eigenvalue weighted by Gasteiger charge is -2.37. The number of hydrogen-bond donors (Lipinski definition) is 2. The van der Waals surface area contributed by atoms with Gasteiger partial charge in [0.1, 0.15) is 5.56 Å². The van der Waals surface area contributed by atoms with E-state index in [-0.39, 0.29) is 17.0 Å². The molecule has 0 fully saturated rings. The number of fused-ring (bicyclic) bond motifs is 1. The van der Waals surface area contributed by atoms with E-state index in [1.54, 1.807) is 19.1 Å². The van der Waals surface area contributed by atoms with E-state index < -0.39 is 0 Å². The lowest BCUT2D eigenvalue weighted by Crippen LogP contribution is -2.43. The molecule has 0 radical (unpaired) electrons. The standard InChI is InChI=1S/C19H23N3O2/c1-13-7-10-16(19(24)21-13)18(23)20-11-12-22-14(2)8-9-15-5-3-4-6-17(15)22/h3-7,10,14H,8-9,11-12H2,1-2H3,(H,20,23)(H,21,24)/t14-/m1/s1. The number of aromatic nitrogens is 1. The predicted molar refractivity (Wildman–Crippen MR) is 95.7 cm³/mol. The largest absolute Gasteiger partial charge is 0.367 e. The second kappa shape index (κ2) is 6.91. The quantitative estimate of drug-likeness (QED) is 0.906. The Morgan fingerprint density at radius 2 is 2.08 bits per heavy atom. The molecular formula is C19H23N3O2. The molecule has 1 aliphatic rings. The second-order valence-corrected chi connectivity index (χ2v) is 6.35. The molecule has 0 saturated carbocycles. The van der Waals surface area contributed by atoms with E-state index in [0.29, 0.717) is 12.6 Å². The van der Waals surface area contributed by atoms with Crippen molar-refractivity contribution >= 4 is 11.6 Å². The lowest BCUT2D eigenvalue weighted by atomic mass is 9.97. The van der Waals surface area contributed by atoms with Crippen LogP contribution < -0.4 is 15.8 Å². The first kappa shape index (κ1) is 16.3. The number of aromatic amines is 1. The highest BCUT2D eigenvalue weighted by molar-refractivity contribution is 5.93. The van der Waals surface area contributed by atoms with Crippen LogP contribution in [-0.4, -0.2) is 30.0 Å². The highest BCUT2D eigenvalue weighted by atomic mass is 16.2. The van der Waals surface area contributed by atoms with Crippen molar-refractivity contribution < 1.29 is 4.79 Å². The Kier molecular flexibility index (Phi) is 4.69. The molecule has 5 nitrogen and oxygen atoms in total. The number of hydrogen-bond acceptors (Lipinski definition) is 3. The van der Waals surface area contributed by atoms with Crippen LogP contribution in [0.2, 0.25) is 0 Å². The van der Waals surface area contributed by atoms with Gasteiger partial charge in [-0.15, -0.1) is 0 Å². The molecule has 0 saturated heterocycles. The summed E-state index contributed by atoms with van der Waals surface area (Å²) in [4.78, 5) is 29.0. The summed E-state index contributed by atoms with van der Waals surface area (Å²) in [6.07, 6.45) is 2.21. The summed E-state index contributed by atoms with van der Waals surface area (Å²) < 4.78 is 0. The molecular weight excluding hydrogens is 302 g/mol. The summed E-state index contributed by atoms with van der Waals surface area (Å²) in [7, 11) is 0. The van der Waals surface area contributed by atoms with Crippen molar-refractivity contribution in [2.24, 2.45) is 0 Å². The number of rotatable bonds is 4. The van der Waals surface area contributed by atoms with Crippen LogP contribution in [0.3, 0.4) is 0 Å². The molecule has 1 aliphatic heterocycles. The molecule has 1 aromatic heterocycles. The van der Waals surface area contributed by atoms with Gasteiger partial charge in [0, 0.05) is 30.5 Å². The first-order valence-electron chi connectivity index (χ1n) is 8.39. The summed E-state index contributed by atoms with van der Waals surface area (Å²) >= 11 is 0. The fourth-order valence-corrected chi connectivity index (χ4v) is 3.24. The van der Waals surface area contributed by atoms with Crippen LogP contribution in [0.25, 0.3) is 0 Å². The maximum absolute atomic E-state index is 12.2. The molecule has 3 rings (SSSR count). The number of pyridine rings is 1. The topological polar surface area (TPSA) is 65.2 Å². The normalized spacial score (nSPS) is 16.6. The number of anilines is 1. The number of carbonyl (C=O) groups is 1. The minimum atomic E-state index is -0.343. The molecule has 1 atom stereocenters. The van der Waals surface area contributed by atoms with Crippen LogP contribution in [0.5, 0.6) is 0 Å². The molecule has 126 valence electrons. The number of benzene rings is 1. The zero-order chi connectivity index (χ0) is 17.1. The number of carbonyl (C=O) groups excluding carboxylic acids is 1. The molecule has 1 aromatic carbocycles. The van der Waals surface area contributed by atoms with Crippen molar-refractivity contribution in [2.45, 2.75) is 32.7 Å². The SMILES string of the molecule is Cc1ccc(C(=O)NCCN2c3ccccc3CC[C@H]2C)c(=O)[nH]1. The average molecular weight is 325 g/mol. The molecule has 2 aromatic rings. The third-order valence-electron chi connectivity index (χ3n) is 4.60. The maximum Gasteiger partial charge on any atom is 0.260 e. The first-order valence-corrected chi connectivity index (χ1v) is 8.39. The van der Waals surface area contributed by atoms with Crippen LogP contribution >= 0.6 is 0 Å². The lowest BCUT2D eigenvalue weighted by molar-refractivity contribution is 0.0953. The Hall–Kier alpha value is -2.56. The molecule has 24 heavy (non-hydrogen) atoms.